The highest BCUT2D eigenvalue weighted by molar-refractivity contribution is 6.10. The summed E-state index contributed by atoms with van der Waals surface area (Å²) in [5.74, 6) is -1.37. The van der Waals surface area contributed by atoms with Crippen LogP contribution in [-0.4, -0.2) is 35.2 Å². The number of unbranched alkanes of at least 4 members (excludes halogenated alkanes) is 2. The number of hydrogen-bond donors (Lipinski definition) is 1. The molecule has 0 spiro atoms. The molecule has 0 aromatic heterocycles. The van der Waals surface area contributed by atoms with Gasteiger partial charge in [-0.15, -0.1) is 0 Å². The minimum absolute atomic E-state index is 0.00126. The van der Waals surface area contributed by atoms with E-state index in [2.05, 4.69) is 6.92 Å². The second kappa shape index (κ2) is 9.71. The first-order valence-electron chi connectivity index (χ1n) is 10.4. The van der Waals surface area contributed by atoms with Crippen LogP contribution in [0, 0.1) is 5.92 Å². The Morgan fingerprint density at radius 1 is 1.43 bits per heavy atom. The molecule has 154 valence electrons. The van der Waals surface area contributed by atoms with Crippen molar-refractivity contribution in [2.24, 2.45) is 5.92 Å². The Balaban J connectivity index is 2.38. The lowest BCUT2D eigenvalue weighted by Crippen LogP contribution is -2.46. The first-order chi connectivity index (χ1) is 13.6. The first kappa shape index (κ1) is 20.4. The van der Waals surface area contributed by atoms with Crippen LogP contribution in [-0.2, 0) is 9.59 Å². The number of carbonyl (C=O) groups excluding carboxylic acids is 3. The highest BCUT2D eigenvalue weighted by Gasteiger charge is 2.39. The zero-order chi connectivity index (χ0) is 21.8. The van der Waals surface area contributed by atoms with Crippen LogP contribution in [0.3, 0.4) is 0 Å². The van der Waals surface area contributed by atoms with E-state index in [1.807, 2.05) is 6.92 Å². The Morgan fingerprint density at radius 3 is 2.75 bits per heavy atom. The smallest absolute Gasteiger partial charge is 0.214 e. The lowest BCUT2D eigenvalue weighted by Gasteiger charge is -2.37. The Kier molecular flexibility index (Phi) is 7.06. The van der Waals surface area contributed by atoms with Crippen LogP contribution in [0.1, 0.15) is 77.9 Å². The van der Waals surface area contributed by atoms with Gasteiger partial charge in [-0.05, 0) is 40.0 Å². The van der Waals surface area contributed by atoms with Crippen LogP contribution >= 0.6 is 0 Å². The van der Waals surface area contributed by atoms with Crippen molar-refractivity contribution in [3.63, 3.8) is 0 Å². The van der Waals surface area contributed by atoms with Crippen molar-refractivity contribution in [3.05, 3.63) is 17.7 Å². The molecule has 1 N–H and O–H groups in total. The lowest BCUT2D eigenvalue weighted by atomic mass is 9.81. The van der Waals surface area contributed by atoms with Gasteiger partial charge in [0.25, 0.3) is 0 Å². The van der Waals surface area contributed by atoms with Gasteiger partial charge in [0.05, 0.1) is 18.7 Å². The number of ketones is 2. The third-order valence-corrected chi connectivity index (χ3v) is 5.22. The van der Waals surface area contributed by atoms with E-state index in [-0.39, 0.29) is 41.7 Å². The van der Waals surface area contributed by atoms with Gasteiger partial charge in [-0.1, -0.05) is 19.8 Å². The normalized spacial score (nSPS) is 23.0. The molecule has 6 heteroatoms. The van der Waals surface area contributed by atoms with E-state index in [1.165, 1.54) is 26.0 Å². The Hall–Kier alpha value is -2.37. The molecular formula is C22H31NO5. The number of fused-ring (bicyclic) bond motifs is 1. The van der Waals surface area contributed by atoms with Gasteiger partial charge < -0.3 is 19.5 Å². The summed E-state index contributed by atoms with van der Waals surface area (Å²) in [5.41, 5.74) is 0.165. The third-order valence-electron chi connectivity index (χ3n) is 5.22. The number of amides is 1. The SMILES string of the molecule is [2H]C1(C)C(CCC(C)=O)C(=O)c2c(O)cc(OC(C)CCCCC)cc2N1C=O. The number of benzene rings is 1. The molecule has 28 heavy (non-hydrogen) atoms. The molecule has 0 aliphatic carbocycles. The third kappa shape index (κ3) is 4.91. The van der Waals surface area contributed by atoms with Crippen LogP contribution in [0.2, 0.25) is 0 Å². The second-order valence-corrected chi connectivity index (χ2v) is 7.54. The standard InChI is InChI=1S/C22H31NO5/c1-5-6-7-8-15(3)28-17-11-19-21(20(26)12-17)22(27)18(10-9-14(2)25)16(4)23(19)13-24/h11-13,15-16,18,26H,5-10H2,1-4H3/i16D. The molecule has 6 nitrogen and oxygen atoms in total. The Bertz CT molecular complexity index is 777. The summed E-state index contributed by atoms with van der Waals surface area (Å²) in [6.45, 7) is 6.95. The fourth-order valence-electron chi connectivity index (χ4n) is 3.62. The molecule has 0 saturated carbocycles. The van der Waals surface area contributed by atoms with Crippen molar-refractivity contribution in [1.29, 1.82) is 0 Å². The maximum atomic E-state index is 13.1. The molecule has 2 rings (SSSR count). The molecule has 1 heterocycles. The fourth-order valence-corrected chi connectivity index (χ4v) is 3.62. The van der Waals surface area contributed by atoms with Gasteiger partial charge in [0.15, 0.2) is 5.78 Å². The molecule has 1 aromatic carbocycles. The summed E-state index contributed by atoms with van der Waals surface area (Å²) in [6, 6.07) is 1.34. The number of Topliss-reactive ketones (excluding diaryl/α,β-unsaturated/α-hetero) is 2. The monoisotopic (exact) mass is 390 g/mol. The predicted molar refractivity (Wildman–Crippen MR) is 108 cm³/mol. The zero-order valence-corrected chi connectivity index (χ0v) is 17.2. The molecule has 1 aliphatic rings. The summed E-state index contributed by atoms with van der Waals surface area (Å²) >= 11 is 0. The van der Waals surface area contributed by atoms with Gasteiger partial charge in [0.1, 0.15) is 17.3 Å². The maximum absolute atomic E-state index is 13.1. The summed E-state index contributed by atoms with van der Waals surface area (Å²) in [7, 11) is 0. The number of phenols is 1. The molecule has 1 amide bonds. The van der Waals surface area contributed by atoms with Gasteiger partial charge in [-0.2, -0.15) is 0 Å². The van der Waals surface area contributed by atoms with E-state index in [0.29, 0.717) is 12.2 Å². The molecule has 0 saturated heterocycles. The van der Waals surface area contributed by atoms with E-state index in [1.54, 1.807) is 0 Å². The van der Waals surface area contributed by atoms with Crippen LogP contribution in [0.5, 0.6) is 11.5 Å². The molecule has 0 bridgehead atoms. The molecule has 0 fully saturated rings. The number of nitrogens with zero attached hydrogens (tertiary/aromatic N) is 1. The van der Waals surface area contributed by atoms with E-state index in [9.17, 15) is 19.5 Å². The maximum Gasteiger partial charge on any atom is 0.214 e. The van der Waals surface area contributed by atoms with Crippen LogP contribution in [0.25, 0.3) is 0 Å². The highest BCUT2D eigenvalue weighted by Crippen LogP contribution is 2.42. The van der Waals surface area contributed by atoms with Crippen molar-refractivity contribution in [1.82, 2.24) is 0 Å². The van der Waals surface area contributed by atoms with Gasteiger partial charge >= 0.3 is 0 Å². The number of phenolic OH excluding ortho intramolecular Hbond substituents is 1. The summed E-state index contributed by atoms with van der Waals surface area (Å²) < 4.78 is 14.6. The van der Waals surface area contributed by atoms with Gasteiger partial charge in [-0.3, -0.25) is 9.59 Å². The fraction of sp³-hybridized carbons (Fsp3) is 0.591. The topological polar surface area (TPSA) is 83.9 Å². The van der Waals surface area contributed by atoms with Crippen molar-refractivity contribution in [2.75, 3.05) is 4.90 Å². The number of aromatic hydroxyl groups is 1. The number of anilines is 1. The van der Waals surface area contributed by atoms with Gasteiger partial charge in [0.2, 0.25) is 6.41 Å². The summed E-state index contributed by atoms with van der Waals surface area (Å²) in [6.07, 6.45) is 4.77. The minimum Gasteiger partial charge on any atom is -0.507 e. The average molecular weight is 390 g/mol. The summed E-state index contributed by atoms with van der Waals surface area (Å²) in [4.78, 5) is 37.4. The number of rotatable bonds is 10. The van der Waals surface area contributed by atoms with Crippen LogP contribution in [0.15, 0.2) is 12.1 Å². The second-order valence-electron chi connectivity index (χ2n) is 7.54. The molecule has 3 unspecified atom stereocenters. The molecule has 3 atom stereocenters. The van der Waals surface area contributed by atoms with E-state index in [4.69, 9.17) is 6.11 Å². The minimum atomic E-state index is -1.57. The van der Waals surface area contributed by atoms with Crippen LogP contribution < -0.4 is 9.64 Å². The number of ether oxygens (including phenoxy) is 1. The molecule has 0 radical (unpaired) electrons. The largest absolute Gasteiger partial charge is 0.507 e. The van der Waals surface area contributed by atoms with E-state index < -0.39 is 17.7 Å². The zero-order valence-electron chi connectivity index (χ0n) is 18.2. The molecular weight excluding hydrogens is 358 g/mol. The quantitative estimate of drug-likeness (QED) is 0.476. The average Bonchev–Trinajstić information content (AvgIpc) is 2.60. The van der Waals surface area contributed by atoms with Gasteiger partial charge in [0, 0.05) is 30.5 Å². The highest BCUT2D eigenvalue weighted by atomic mass is 16.5. The Morgan fingerprint density at radius 2 is 2.14 bits per heavy atom. The Labute approximate surface area is 168 Å². The molecule has 1 aromatic rings. The van der Waals surface area contributed by atoms with Crippen molar-refractivity contribution in [3.8, 4) is 11.5 Å². The van der Waals surface area contributed by atoms with E-state index in [0.717, 1.165) is 30.6 Å². The van der Waals surface area contributed by atoms with Crippen molar-refractivity contribution >= 4 is 23.7 Å². The number of hydrogen-bond acceptors (Lipinski definition) is 5. The number of carbonyl (C=O) groups is 3. The van der Waals surface area contributed by atoms with Crippen molar-refractivity contribution in [2.45, 2.75) is 78.3 Å². The lowest BCUT2D eigenvalue weighted by molar-refractivity contribution is -0.117. The van der Waals surface area contributed by atoms with Gasteiger partial charge in [-0.25, -0.2) is 0 Å². The van der Waals surface area contributed by atoms with Crippen LogP contribution in [0.4, 0.5) is 5.69 Å². The summed E-state index contributed by atoms with van der Waals surface area (Å²) in [5, 5.41) is 10.5. The van der Waals surface area contributed by atoms with E-state index >= 15 is 0 Å². The first-order valence-corrected chi connectivity index (χ1v) is 9.95. The molecule has 1 aliphatic heterocycles. The van der Waals surface area contributed by atoms with Crippen molar-refractivity contribution < 1.29 is 25.6 Å². The predicted octanol–water partition coefficient (Wildman–Crippen LogP) is 4.27.